The number of rotatable bonds is 6. The van der Waals surface area contributed by atoms with Crippen LogP contribution in [-0.2, 0) is 13.1 Å². The molecule has 1 aromatic heterocycles. The van der Waals surface area contributed by atoms with Gasteiger partial charge in [-0.2, -0.15) is 0 Å². The Bertz CT molecular complexity index is 603. The van der Waals surface area contributed by atoms with Gasteiger partial charge in [0.25, 0.3) is 5.56 Å². The van der Waals surface area contributed by atoms with Crippen molar-refractivity contribution in [3.63, 3.8) is 0 Å². The maximum Gasteiger partial charge on any atom is 0.293 e. The first kappa shape index (κ1) is 14.3. The van der Waals surface area contributed by atoms with E-state index in [1.807, 2.05) is 37.3 Å². The van der Waals surface area contributed by atoms with Gasteiger partial charge in [-0.25, -0.2) is 0 Å². The summed E-state index contributed by atoms with van der Waals surface area (Å²) in [4.78, 5) is 12.2. The molecular formula is C16H20N2O2. The number of nitrogens with zero attached hydrogens (tertiary/aromatic N) is 1. The van der Waals surface area contributed by atoms with E-state index in [1.54, 1.807) is 16.8 Å². The van der Waals surface area contributed by atoms with E-state index in [0.29, 0.717) is 25.4 Å². The van der Waals surface area contributed by atoms with Crippen LogP contribution in [0.15, 0.2) is 47.4 Å². The lowest BCUT2D eigenvalue weighted by Crippen LogP contribution is -2.22. The Hall–Kier alpha value is -2.07. The third kappa shape index (κ3) is 3.48. The number of ether oxygens (including phenoxy) is 1. The molecule has 2 N–H and O–H groups in total. The molecule has 0 spiro atoms. The summed E-state index contributed by atoms with van der Waals surface area (Å²) in [5.41, 5.74) is 7.63. The molecule has 0 radical (unpaired) electrons. The summed E-state index contributed by atoms with van der Waals surface area (Å²) in [6.07, 6.45) is 2.66. The Labute approximate surface area is 118 Å². The maximum absolute atomic E-state index is 12.2. The highest BCUT2D eigenvalue weighted by molar-refractivity contribution is 5.24. The summed E-state index contributed by atoms with van der Waals surface area (Å²) >= 11 is 0. The molecule has 1 heterocycles. The van der Waals surface area contributed by atoms with Crippen LogP contribution in [-0.4, -0.2) is 11.2 Å². The van der Waals surface area contributed by atoms with Crippen LogP contribution in [0.1, 0.15) is 24.5 Å². The molecule has 2 rings (SSSR count). The molecule has 4 heteroatoms. The number of nitrogens with two attached hydrogens (primary N) is 1. The normalized spacial score (nSPS) is 10.5. The van der Waals surface area contributed by atoms with Crippen LogP contribution in [0.3, 0.4) is 0 Å². The highest BCUT2D eigenvalue weighted by atomic mass is 16.5. The van der Waals surface area contributed by atoms with Crippen LogP contribution < -0.4 is 16.0 Å². The van der Waals surface area contributed by atoms with Gasteiger partial charge in [-0.05, 0) is 29.7 Å². The SMILES string of the molecule is CCCOc1cccn(Cc2ccc(CN)cc2)c1=O. The van der Waals surface area contributed by atoms with Crippen molar-refractivity contribution >= 4 is 0 Å². The smallest absolute Gasteiger partial charge is 0.293 e. The van der Waals surface area contributed by atoms with Crippen molar-refractivity contribution < 1.29 is 4.74 Å². The Balaban J connectivity index is 2.18. The van der Waals surface area contributed by atoms with Crippen molar-refractivity contribution in [2.24, 2.45) is 5.73 Å². The highest BCUT2D eigenvalue weighted by Gasteiger charge is 2.04. The lowest BCUT2D eigenvalue weighted by atomic mass is 10.1. The van der Waals surface area contributed by atoms with Crippen molar-refractivity contribution in [1.82, 2.24) is 4.57 Å². The van der Waals surface area contributed by atoms with E-state index < -0.39 is 0 Å². The monoisotopic (exact) mass is 272 g/mol. The molecule has 0 saturated heterocycles. The van der Waals surface area contributed by atoms with Crippen molar-refractivity contribution in [2.45, 2.75) is 26.4 Å². The predicted octanol–water partition coefficient (Wildman–Crippen LogP) is 2.14. The molecule has 4 nitrogen and oxygen atoms in total. The Morgan fingerprint density at radius 3 is 2.50 bits per heavy atom. The zero-order valence-corrected chi connectivity index (χ0v) is 11.7. The van der Waals surface area contributed by atoms with Crippen molar-refractivity contribution in [1.29, 1.82) is 0 Å². The first-order valence-electron chi connectivity index (χ1n) is 6.84. The van der Waals surface area contributed by atoms with E-state index in [0.717, 1.165) is 17.5 Å². The zero-order chi connectivity index (χ0) is 14.4. The number of pyridine rings is 1. The summed E-state index contributed by atoms with van der Waals surface area (Å²) in [5.74, 6) is 0.410. The van der Waals surface area contributed by atoms with E-state index >= 15 is 0 Å². The topological polar surface area (TPSA) is 57.2 Å². The van der Waals surface area contributed by atoms with Crippen LogP contribution in [0.4, 0.5) is 0 Å². The second kappa shape index (κ2) is 6.91. The molecule has 0 fully saturated rings. The fourth-order valence-corrected chi connectivity index (χ4v) is 1.94. The Morgan fingerprint density at radius 1 is 1.15 bits per heavy atom. The van der Waals surface area contributed by atoms with Gasteiger partial charge in [-0.3, -0.25) is 4.79 Å². The van der Waals surface area contributed by atoms with E-state index in [1.165, 1.54) is 0 Å². The average Bonchev–Trinajstić information content (AvgIpc) is 2.49. The molecule has 0 aliphatic carbocycles. The number of aromatic nitrogens is 1. The number of hydrogen-bond acceptors (Lipinski definition) is 3. The predicted molar refractivity (Wildman–Crippen MR) is 79.9 cm³/mol. The molecule has 0 bridgehead atoms. The fraction of sp³-hybridized carbons (Fsp3) is 0.312. The average molecular weight is 272 g/mol. The molecule has 2 aromatic rings. The van der Waals surface area contributed by atoms with Crippen molar-refractivity contribution in [3.8, 4) is 5.75 Å². The van der Waals surface area contributed by atoms with Gasteiger partial charge in [-0.1, -0.05) is 31.2 Å². The van der Waals surface area contributed by atoms with Crippen LogP contribution in [0.25, 0.3) is 0 Å². The summed E-state index contributed by atoms with van der Waals surface area (Å²) in [6, 6.07) is 11.5. The minimum absolute atomic E-state index is 0.0937. The van der Waals surface area contributed by atoms with Gasteiger partial charge in [0.1, 0.15) is 0 Å². The second-order valence-corrected chi connectivity index (χ2v) is 4.67. The van der Waals surface area contributed by atoms with Gasteiger partial charge >= 0.3 is 0 Å². The summed E-state index contributed by atoms with van der Waals surface area (Å²) in [6.45, 7) is 3.64. The van der Waals surface area contributed by atoms with Crippen molar-refractivity contribution in [2.75, 3.05) is 6.61 Å². The van der Waals surface area contributed by atoms with Crippen LogP contribution in [0.5, 0.6) is 5.75 Å². The van der Waals surface area contributed by atoms with Crippen LogP contribution in [0.2, 0.25) is 0 Å². The van der Waals surface area contributed by atoms with Gasteiger partial charge in [0.05, 0.1) is 13.2 Å². The maximum atomic E-state index is 12.2. The minimum atomic E-state index is -0.0937. The van der Waals surface area contributed by atoms with Gasteiger partial charge < -0.3 is 15.0 Å². The molecule has 20 heavy (non-hydrogen) atoms. The third-order valence-electron chi connectivity index (χ3n) is 3.06. The molecule has 0 saturated carbocycles. The molecule has 0 atom stereocenters. The molecule has 106 valence electrons. The van der Waals surface area contributed by atoms with Crippen molar-refractivity contribution in [3.05, 3.63) is 64.1 Å². The molecule has 0 aliphatic rings. The summed E-state index contributed by atoms with van der Waals surface area (Å²) < 4.78 is 7.11. The van der Waals surface area contributed by atoms with Gasteiger partial charge in [0, 0.05) is 12.7 Å². The third-order valence-corrected chi connectivity index (χ3v) is 3.06. The summed E-state index contributed by atoms with van der Waals surface area (Å²) in [7, 11) is 0. The number of hydrogen-bond donors (Lipinski definition) is 1. The van der Waals surface area contributed by atoms with E-state index in [9.17, 15) is 4.79 Å². The second-order valence-electron chi connectivity index (χ2n) is 4.67. The molecule has 0 aliphatic heterocycles. The lowest BCUT2D eigenvalue weighted by Gasteiger charge is -2.09. The van der Waals surface area contributed by atoms with Crippen LogP contribution in [0, 0.1) is 0 Å². The fourth-order valence-electron chi connectivity index (χ4n) is 1.94. The first-order chi connectivity index (χ1) is 9.74. The molecular weight excluding hydrogens is 252 g/mol. The highest BCUT2D eigenvalue weighted by Crippen LogP contribution is 2.07. The Morgan fingerprint density at radius 2 is 1.85 bits per heavy atom. The molecule has 1 aromatic carbocycles. The summed E-state index contributed by atoms with van der Waals surface area (Å²) in [5, 5.41) is 0. The standard InChI is InChI=1S/C16H20N2O2/c1-2-10-20-15-4-3-9-18(16(15)19)12-14-7-5-13(11-17)6-8-14/h3-9H,2,10-12,17H2,1H3. The largest absolute Gasteiger partial charge is 0.488 e. The van der Waals surface area contributed by atoms with Crippen LogP contribution >= 0.6 is 0 Å². The van der Waals surface area contributed by atoms with E-state index in [2.05, 4.69) is 0 Å². The lowest BCUT2D eigenvalue weighted by molar-refractivity contribution is 0.310. The Kier molecular flexibility index (Phi) is 4.96. The zero-order valence-electron chi connectivity index (χ0n) is 11.7. The van der Waals surface area contributed by atoms with E-state index in [4.69, 9.17) is 10.5 Å². The first-order valence-corrected chi connectivity index (χ1v) is 6.84. The molecule has 0 unspecified atom stereocenters. The number of benzene rings is 1. The minimum Gasteiger partial charge on any atom is -0.488 e. The van der Waals surface area contributed by atoms with Gasteiger partial charge in [0.2, 0.25) is 0 Å². The van der Waals surface area contributed by atoms with E-state index in [-0.39, 0.29) is 5.56 Å². The van der Waals surface area contributed by atoms with Gasteiger partial charge in [-0.15, -0.1) is 0 Å². The molecule has 0 amide bonds. The quantitative estimate of drug-likeness (QED) is 0.876. The van der Waals surface area contributed by atoms with Gasteiger partial charge in [0.15, 0.2) is 5.75 Å².